The van der Waals surface area contributed by atoms with E-state index in [1.807, 2.05) is 11.4 Å². The van der Waals surface area contributed by atoms with Gasteiger partial charge in [0.05, 0.1) is 11.2 Å². The van der Waals surface area contributed by atoms with E-state index in [0.29, 0.717) is 0 Å². The Hall–Kier alpha value is -2.14. The molecule has 126 valence electrons. The van der Waals surface area contributed by atoms with Crippen molar-refractivity contribution in [2.75, 3.05) is 38.1 Å². The number of benzene rings is 1. The van der Waals surface area contributed by atoms with Crippen molar-refractivity contribution >= 4 is 22.4 Å². The Labute approximate surface area is 142 Å². The summed E-state index contributed by atoms with van der Waals surface area (Å²) in [5.41, 5.74) is 3.09. The van der Waals surface area contributed by atoms with Crippen molar-refractivity contribution in [3.8, 4) is 0 Å². The van der Waals surface area contributed by atoms with Gasteiger partial charge in [0, 0.05) is 31.1 Å². The first kappa shape index (κ1) is 15.4. The van der Waals surface area contributed by atoms with Gasteiger partial charge in [-0.15, -0.1) is 0 Å². The topological polar surface area (TPSA) is 36.7 Å². The number of para-hydroxylation sites is 1. The Balaban J connectivity index is 1.73. The Morgan fingerprint density at radius 2 is 2.12 bits per heavy atom. The quantitative estimate of drug-likeness (QED) is 0.740. The highest BCUT2D eigenvalue weighted by atomic mass is 15.3. The molecule has 5 nitrogen and oxygen atoms in total. The zero-order valence-electron chi connectivity index (χ0n) is 14.7. The normalized spacial score (nSPS) is 18.3. The molecule has 5 heteroatoms. The minimum absolute atomic E-state index is 0.721. The largest absolute Gasteiger partial charge is 0.356 e. The summed E-state index contributed by atoms with van der Waals surface area (Å²) in [6, 6.07) is 10.5. The molecule has 0 spiro atoms. The average Bonchev–Trinajstić information content (AvgIpc) is 3.19. The van der Waals surface area contributed by atoms with Crippen LogP contribution in [0.3, 0.4) is 0 Å². The second kappa shape index (κ2) is 6.06. The second-order valence-corrected chi connectivity index (χ2v) is 6.96. The van der Waals surface area contributed by atoms with Gasteiger partial charge in [-0.2, -0.15) is 5.10 Å². The molecular formula is C19H25N5. The molecule has 1 fully saturated rings. The molecule has 0 aliphatic carbocycles. The van der Waals surface area contributed by atoms with Gasteiger partial charge >= 0.3 is 0 Å². The molecule has 0 amide bonds. The maximum Gasteiger partial charge on any atom is 0.158 e. The van der Waals surface area contributed by atoms with Crippen molar-refractivity contribution in [2.45, 2.75) is 20.3 Å². The van der Waals surface area contributed by atoms with Gasteiger partial charge in [0.25, 0.3) is 0 Å². The van der Waals surface area contributed by atoms with Crippen LogP contribution >= 0.6 is 0 Å². The second-order valence-electron chi connectivity index (χ2n) is 6.96. The molecule has 24 heavy (non-hydrogen) atoms. The number of hydrogen-bond acceptors (Lipinski definition) is 4. The monoisotopic (exact) mass is 323 g/mol. The van der Waals surface area contributed by atoms with Crippen molar-refractivity contribution in [1.82, 2.24) is 19.5 Å². The minimum atomic E-state index is 0.721. The number of nitrogens with zero attached hydrogens (tertiary/aromatic N) is 5. The van der Waals surface area contributed by atoms with Crippen LogP contribution in [-0.2, 0) is 0 Å². The molecule has 0 N–H and O–H groups in total. The zero-order valence-corrected chi connectivity index (χ0v) is 14.7. The third-order valence-corrected chi connectivity index (χ3v) is 5.10. The van der Waals surface area contributed by atoms with E-state index >= 15 is 0 Å². The molecule has 0 bridgehead atoms. The molecule has 2 aromatic heterocycles. The Morgan fingerprint density at radius 1 is 1.29 bits per heavy atom. The van der Waals surface area contributed by atoms with Crippen LogP contribution in [0.4, 0.5) is 5.82 Å². The number of hydrogen-bond donors (Lipinski definition) is 0. The Morgan fingerprint density at radius 3 is 2.96 bits per heavy atom. The van der Waals surface area contributed by atoms with Gasteiger partial charge in [0.15, 0.2) is 5.65 Å². The predicted molar refractivity (Wildman–Crippen MR) is 98.7 cm³/mol. The van der Waals surface area contributed by atoms with E-state index in [1.54, 1.807) is 0 Å². The first-order chi connectivity index (χ1) is 11.7. The van der Waals surface area contributed by atoms with Gasteiger partial charge < -0.3 is 9.80 Å². The number of aryl methyl sites for hydroxylation is 1. The lowest BCUT2D eigenvalue weighted by Gasteiger charge is -2.22. The van der Waals surface area contributed by atoms with E-state index in [2.05, 4.69) is 59.2 Å². The summed E-state index contributed by atoms with van der Waals surface area (Å²) in [5, 5.41) is 5.80. The first-order valence-corrected chi connectivity index (χ1v) is 8.84. The van der Waals surface area contributed by atoms with Crippen molar-refractivity contribution < 1.29 is 0 Å². The van der Waals surface area contributed by atoms with Crippen LogP contribution in [0.1, 0.15) is 19.0 Å². The van der Waals surface area contributed by atoms with Gasteiger partial charge in [-0.05, 0) is 45.0 Å². The number of aromatic nitrogens is 3. The van der Waals surface area contributed by atoms with Crippen LogP contribution in [0, 0.1) is 12.8 Å². The lowest BCUT2D eigenvalue weighted by atomic mass is 10.1. The summed E-state index contributed by atoms with van der Waals surface area (Å²) in [6.45, 7) is 8.69. The number of anilines is 1. The summed E-state index contributed by atoms with van der Waals surface area (Å²) >= 11 is 0. The van der Waals surface area contributed by atoms with Crippen molar-refractivity contribution in [3.63, 3.8) is 0 Å². The summed E-state index contributed by atoms with van der Waals surface area (Å²) in [6.07, 6.45) is 1.24. The van der Waals surface area contributed by atoms with E-state index in [4.69, 9.17) is 4.98 Å². The highest BCUT2D eigenvalue weighted by molar-refractivity contribution is 5.91. The van der Waals surface area contributed by atoms with Crippen molar-refractivity contribution in [1.29, 1.82) is 0 Å². The predicted octanol–water partition coefficient (Wildman–Crippen LogP) is 2.97. The molecule has 1 saturated heterocycles. The molecule has 1 aliphatic rings. The molecule has 1 aromatic carbocycles. The summed E-state index contributed by atoms with van der Waals surface area (Å²) < 4.78 is 1.96. The van der Waals surface area contributed by atoms with Crippen LogP contribution in [0.5, 0.6) is 0 Å². The van der Waals surface area contributed by atoms with Crippen LogP contribution in [0.15, 0.2) is 30.3 Å². The summed E-state index contributed by atoms with van der Waals surface area (Å²) in [5.74, 6) is 1.83. The Bertz CT molecular complexity index is 869. The van der Waals surface area contributed by atoms with Gasteiger partial charge in [-0.1, -0.05) is 19.1 Å². The van der Waals surface area contributed by atoms with E-state index in [1.165, 1.54) is 18.4 Å². The van der Waals surface area contributed by atoms with E-state index in [-0.39, 0.29) is 0 Å². The lowest BCUT2D eigenvalue weighted by Crippen LogP contribution is -2.28. The van der Waals surface area contributed by atoms with Gasteiger partial charge in [0.2, 0.25) is 0 Å². The number of rotatable bonds is 4. The van der Waals surface area contributed by atoms with Gasteiger partial charge in [-0.25, -0.2) is 9.50 Å². The average molecular weight is 323 g/mol. The fourth-order valence-corrected chi connectivity index (χ4v) is 3.74. The van der Waals surface area contributed by atoms with Crippen LogP contribution in [0.2, 0.25) is 0 Å². The maximum absolute atomic E-state index is 4.95. The maximum atomic E-state index is 4.95. The van der Waals surface area contributed by atoms with E-state index < -0.39 is 0 Å². The molecule has 1 atom stereocenters. The highest BCUT2D eigenvalue weighted by Gasteiger charge is 2.26. The number of fused-ring (bicyclic) bond motifs is 3. The van der Waals surface area contributed by atoms with Crippen LogP contribution in [-0.4, -0.2) is 52.7 Å². The molecule has 3 heterocycles. The molecule has 0 radical (unpaired) electrons. The Kier molecular flexibility index (Phi) is 3.88. The van der Waals surface area contributed by atoms with Gasteiger partial charge in [0.1, 0.15) is 5.82 Å². The van der Waals surface area contributed by atoms with Crippen molar-refractivity contribution in [3.05, 3.63) is 36.0 Å². The molecule has 3 aromatic rings. The van der Waals surface area contributed by atoms with E-state index in [9.17, 15) is 0 Å². The standard InChI is InChI=1S/C19H25N5/c1-4-22(3)12-15-9-10-23(13-15)19-16-7-5-6-8-17(16)24-18(20-19)11-14(2)21-24/h5-8,11,15H,4,9-10,12-13H2,1-3H3/t15-/m1/s1. The lowest BCUT2D eigenvalue weighted by molar-refractivity contribution is 0.300. The SMILES string of the molecule is CCN(C)C[C@H]1CCN(c2nc3cc(C)nn3c3ccccc23)C1. The smallest absolute Gasteiger partial charge is 0.158 e. The first-order valence-electron chi connectivity index (χ1n) is 8.84. The van der Waals surface area contributed by atoms with Gasteiger partial charge in [-0.3, -0.25) is 0 Å². The van der Waals surface area contributed by atoms with Crippen molar-refractivity contribution in [2.24, 2.45) is 5.92 Å². The van der Waals surface area contributed by atoms with Crippen LogP contribution < -0.4 is 4.90 Å². The molecule has 0 unspecified atom stereocenters. The van der Waals surface area contributed by atoms with E-state index in [0.717, 1.165) is 48.2 Å². The minimum Gasteiger partial charge on any atom is -0.356 e. The molecule has 1 aliphatic heterocycles. The highest BCUT2D eigenvalue weighted by Crippen LogP contribution is 2.30. The van der Waals surface area contributed by atoms with Crippen LogP contribution in [0.25, 0.3) is 16.6 Å². The summed E-state index contributed by atoms with van der Waals surface area (Å²) in [4.78, 5) is 9.82. The molecule has 0 saturated carbocycles. The molecule has 4 rings (SSSR count). The zero-order chi connectivity index (χ0) is 16.7. The molecular weight excluding hydrogens is 298 g/mol. The third-order valence-electron chi connectivity index (χ3n) is 5.10. The fraction of sp³-hybridized carbons (Fsp3) is 0.474. The third kappa shape index (κ3) is 2.63. The summed E-state index contributed by atoms with van der Waals surface area (Å²) in [7, 11) is 2.21. The fourth-order valence-electron chi connectivity index (χ4n) is 3.74.